The molecule has 0 aromatic heterocycles. The Labute approximate surface area is 101 Å². The van der Waals surface area contributed by atoms with E-state index >= 15 is 0 Å². The van der Waals surface area contributed by atoms with E-state index in [2.05, 4.69) is 12.2 Å². The van der Waals surface area contributed by atoms with Crippen LogP contribution in [0.25, 0.3) is 0 Å². The normalized spacial score (nSPS) is 17.2. The fraction of sp³-hybridized carbons (Fsp3) is 0.462. The van der Waals surface area contributed by atoms with Gasteiger partial charge in [-0.2, -0.15) is 0 Å². The fourth-order valence-corrected chi connectivity index (χ4v) is 2.34. The third-order valence-corrected chi connectivity index (χ3v) is 3.70. The molecule has 17 heavy (non-hydrogen) atoms. The number of carbonyl (C=O) groups excluding carboxylic acids is 1. The fourth-order valence-electron chi connectivity index (χ4n) is 2.34. The van der Waals surface area contributed by atoms with Gasteiger partial charge >= 0.3 is 0 Å². The van der Waals surface area contributed by atoms with E-state index in [1.54, 1.807) is 18.2 Å². The Balaban J connectivity index is 2.30. The summed E-state index contributed by atoms with van der Waals surface area (Å²) in [5.41, 5.74) is 13.2. The molecule has 1 aromatic carbocycles. The van der Waals surface area contributed by atoms with E-state index < -0.39 is 5.91 Å². The molecule has 1 aliphatic rings. The molecular formula is C13H19N3O. The first-order valence-corrected chi connectivity index (χ1v) is 6.04. The number of nitrogens with one attached hydrogen (secondary N) is 1. The van der Waals surface area contributed by atoms with Crippen molar-refractivity contribution in [2.75, 3.05) is 11.1 Å². The van der Waals surface area contributed by atoms with Gasteiger partial charge in [0, 0.05) is 16.9 Å². The van der Waals surface area contributed by atoms with Crippen molar-refractivity contribution < 1.29 is 4.79 Å². The van der Waals surface area contributed by atoms with Crippen molar-refractivity contribution in [3.05, 3.63) is 23.8 Å². The summed E-state index contributed by atoms with van der Waals surface area (Å²) in [5, 5.41) is 3.45. The number of nitrogens with two attached hydrogens (primary N) is 2. The third kappa shape index (κ3) is 2.20. The van der Waals surface area contributed by atoms with Crippen LogP contribution in [-0.4, -0.2) is 11.4 Å². The van der Waals surface area contributed by atoms with E-state index in [1.807, 2.05) is 0 Å². The Bertz CT molecular complexity index is 433. The van der Waals surface area contributed by atoms with Crippen molar-refractivity contribution in [1.82, 2.24) is 0 Å². The number of hydrogen-bond donors (Lipinski definition) is 3. The molecule has 2 rings (SSSR count). The van der Waals surface area contributed by atoms with Crippen LogP contribution in [-0.2, 0) is 0 Å². The van der Waals surface area contributed by atoms with Gasteiger partial charge in [-0.1, -0.05) is 6.92 Å². The van der Waals surface area contributed by atoms with Crippen LogP contribution in [0.4, 0.5) is 11.4 Å². The second-order valence-corrected chi connectivity index (χ2v) is 4.78. The van der Waals surface area contributed by atoms with Crippen molar-refractivity contribution in [3.63, 3.8) is 0 Å². The molecule has 0 bridgehead atoms. The van der Waals surface area contributed by atoms with Gasteiger partial charge in [0.15, 0.2) is 0 Å². The standard InChI is InChI=1S/C13H19N3O/c1-2-13(6-3-7-13)16-11-8-9(14)4-5-10(11)12(15)17/h4-5,8,16H,2-3,6-7,14H2,1H3,(H2,15,17). The first kappa shape index (κ1) is 11.8. The zero-order valence-corrected chi connectivity index (χ0v) is 10.1. The van der Waals surface area contributed by atoms with Gasteiger partial charge in [0.1, 0.15) is 0 Å². The molecule has 92 valence electrons. The van der Waals surface area contributed by atoms with Crippen LogP contribution in [0.1, 0.15) is 43.0 Å². The molecular weight excluding hydrogens is 214 g/mol. The van der Waals surface area contributed by atoms with E-state index in [-0.39, 0.29) is 5.54 Å². The topological polar surface area (TPSA) is 81.1 Å². The van der Waals surface area contributed by atoms with Gasteiger partial charge in [0.2, 0.25) is 0 Å². The van der Waals surface area contributed by atoms with Gasteiger partial charge in [-0.15, -0.1) is 0 Å². The van der Waals surface area contributed by atoms with E-state index in [4.69, 9.17) is 11.5 Å². The second kappa shape index (κ2) is 4.28. The number of hydrogen-bond acceptors (Lipinski definition) is 3. The molecule has 1 aliphatic carbocycles. The maximum absolute atomic E-state index is 11.4. The lowest BCUT2D eigenvalue weighted by molar-refractivity contribution is 0.100. The molecule has 4 nitrogen and oxygen atoms in total. The number of primary amides is 1. The van der Waals surface area contributed by atoms with Gasteiger partial charge < -0.3 is 16.8 Å². The number of anilines is 2. The molecule has 4 heteroatoms. The number of amides is 1. The number of nitrogen functional groups attached to an aromatic ring is 1. The van der Waals surface area contributed by atoms with Crippen LogP contribution in [0.3, 0.4) is 0 Å². The van der Waals surface area contributed by atoms with Crippen LogP contribution >= 0.6 is 0 Å². The number of carbonyl (C=O) groups is 1. The predicted molar refractivity (Wildman–Crippen MR) is 69.9 cm³/mol. The molecule has 1 saturated carbocycles. The summed E-state index contributed by atoms with van der Waals surface area (Å²) >= 11 is 0. The minimum Gasteiger partial charge on any atom is -0.399 e. The third-order valence-electron chi connectivity index (χ3n) is 3.70. The Hall–Kier alpha value is -1.71. The maximum Gasteiger partial charge on any atom is 0.250 e. The Morgan fingerprint density at radius 2 is 2.18 bits per heavy atom. The van der Waals surface area contributed by atoms with Crippen molar-refractivity contribution in [2.45, 2.75) is 38.1 Å². The van der Waals surface area contributed by atoms with Gasteiger partial charge in [0.25, 0.3) is 5.91 Å². The molecule has 5 N–H and O–H groups in total. The minimum atomic E-state index is -0.418. The molecule has 0 radical (unpaired) electrons. The number of benzene rings is 1. The summed E-state index contributed by atoms with van der Waals surface area (Å²) in [4.78, 5) is 11.4. The summed E-state index contributed by atoms with van der Waals surface area (Å²) < 4.78 is 0. The van der Waals surface area contributed by atoms with Crippen molar-refractivity contribution in [2.24, 2.45) is 5.73 Å². The predicted octanol–water partition coefficient (Wildman–Crippen LogP) is 2.11. The lowest BCUT2D eigenvalue weighted by Crippen LogP contribution is -2.44. The van der Waals surface area contributed by atoms with Gasteiger partial charge in [-0.25, -0.2) is 0 Å². The first-order chi connectivity index (χ1) is 8.06. The summed E-state index contributed by atoms with van der Waals surface area (Å²) in [6, 6.07) is 5.17. The summed E-state index contributed by atoms with van der Waals surface area (Å²) in [7, 11) is 0. The van der Waals surface area contributed by atoms with Crippen LogP contribution in [0, 0.1) is 0 Å². The first-order valence-electron chi connectivity index (χ1n) is 6.04. The monoisotopic (exact) mass is 233 g/mol. The molecule has 0 atom stereocenters. The summed E-state index contributed by atoms with van der Waals surface area (Å²) in [6.07, 6.45) is 4.54. The highest BCUT2D eigenvalue weighted by Gasteiger charge is 2.35. The molecule has 1 fully saturated rings. The van der Waals surface area contributed by atoms with Gasteiger partial charge in [-0.05, 0) is 43.9 Å². The summed E-state index contributed by atoms with van der Waals surface area (Å²) in [5.74, 6) is -0.418. The average molecular weight is 233 g/mol. The molecule has 0 heterocycles. The second-order valence-electron chi connectivity index (χ2n) is 4.78. The number of rotatable bonds is 4. The lowest BCUT2D eigenvalue weighted by atomic mass is 9.74. The smallest absolute Gasteiger partial charge is 0.250 e. The summed E-state index contributed by atoms with van der Waals surface area (Å²) in [6.45, 7) is 2.16. The quantitative estimate of drug-likeness (QED) is 0.697. The zero-order valence-electron chi connectivity index (χ0n) is 10.1. The van der Waals surface area contributed by atoms with Crippen LogP contribution in [0.5, 0.6) is 0 Å². The maximum atomic E-state index is 11.4. The van der Waals surface area contributed by atoms with Crippen LogP contribution in [0.15, 0.2) is 18.2 Å². The minimum absolute atomic E-state index is 0.123. The largest absolute Gasteiger partial charge is 0.399 e. The average Bonchev–Trinajstić information content (AvgIpc) is 2.23. The van der Waals surface area contributed by atoms with Crippen molar-refractivity contribution in [3.8, 4) is 0 Å². The zero-order chi connectivity index (χ0) is 12.5. The molecule has 0 saturated heterocycles. The highest BCUT2D eigenvalue weighted by atomic mass is 16.1. The SMILES string of the molecule is CCC1(Nc2cc(N)ccc2C(N)=O)CCC1. The van der Waals surface area contributed by atoms with E-state index in [9.17, 15) is 4.79 Å². The lowest BCUT2D eigenvalue weighted by Gasteiger charge is -2.43. The van der Waals surface area contributed by atoms with E-state index in [0.717, 1.165) is 24.9 Å². The van der Waals surface area contributed by atoms with Crippen molar-refractivity contribution in [1.29, 1.82) is 0 Å². The highest BCUT2D eigenvalue weighted by Crippen LogP contribution is 2.38. The van der Waals surface area contributed by atoms with Gasteiger partial charge in [-0.3, -0.25) is 4.79 Å². The molecule has 1 aromatic rings. The Morgan fingerprint density at radius 1 is 1.47 bits per heavy atom. The molecule has 0 unspecified atom stereocenters. The van der Waals surface area contributed by atoms with Gasteiger partial charge in [0.05, 0.1) is 5.56 Å². The molecule has 0 aliphatic heterocycles. The van der Waals surface area contributed by atoms with Crippen molar-refractivity contribution >= 4 is 17.3 Å². The van der Waals surface area contributed by atoms with E-state index in [1.165, 1.54) is 6.42 Å². The molecule has 0 spiro atoms. The Morgan fingerprint density at radius 3 is 2.65 bits per heavy atom. The Kier molecular flexibility index (Phi) is 2.96. The molecule has 1 amide bonds. The highest BCUT2D eigenvalue weighted by molar-refractivity contribution is 5.99. The van der Waals surface area contributed by atoms with Crippen LogP contribution < -0.4 is 16.8 Å². The van der Waals surface area contributed by atoms with Crippen LogP contribution in [0.2, 0.25) is 0 Å². The van der Waals surface area contributed by atoms with E-state index in [0.29, 0.717) is 11.3 Å².